The molecule has 1 heterocycles. The molecule has 0 aliphatic rings. The summed E-state index contributed by atoms with van der Waals surface area (Å²) in [6.45, 7) is -0.193. The van der Waals surface area contributed by atoms with Crippen LogP contribution in [-0.2, 0) is 6.61 Å². The summed E-state index contributed by atoms with van der Waals surface area (Å²) < 4.78 is 12.3. The number of hydrogen-bond acceptors (Lipinski definition) is 5. The van der Waals surface area contributed by atoms with Gasteiger partial charge in [0.15, 0.2) is 17.3 Å². The van der Waals surface area contributed by atoms with Crippen molar-refractivity contribution in [1.29, 1.82) is 0 Å². The van der Waals surface area contributed by atoms with E-state index in [1.54, 1.807) is 25.1 Å². The number of ether oxygens (including phenoxy) is 2. The smallest absolute Gasteiger partial charge is 0.169 e. The van der Waals surface area contributed by atoms with Gasteiger partial charge in [-0.25, -0.2) is 9.66 Å². The van der Waals surface area contributed by atoms with Crippen molar-refractivity contribution in [2.24, 2.45) is 5.10 Å². The van der Waals surface area contributed by atoms with Gasteiger partial charge < -0.3 is 14.6 Å². The lowest BCUT2D eigenvalue weighted by Crippen LogP contribution is -2.00. The van der Waals surface area contributed by atoms with Gasteiger partial charge in [-0.05, 0) is 24.3 Å². The molecule has 118 valence electrons. The van der Waals surface area contributed by atoms with Gasteiger partial charge >= 0.3 is 0 Å². The molecule has 0 aliphatic carbocycles. The third kappa shape index (κ3) is 2.76. The first-order chi connectivity index (χ1) is 11.3. The first kappa shape index (κ1) is 15.1. The number of rotatable bonds is 5. The molecule has 6 nitrogen and oxygen atoms in total. The van der Waals surface area contributed by atoms with E-state index in [1.807, 2.05) is 42.5 Å². The molecule has 3 rings (SSSR count). The highest BCUT2D eigenvalue weighted by molar-refractivity contribution is 5.86. The van der Waals surface area contributed by atoms with E-state index in [1.165, 1.54) is 0 Å². The summed E-state index contributed by atoms with van der Waals surface area (Å²) in [6, 6.07) is 13.2. The van der Waals surface area contributed by atoms with E-state index in [0.29, 0.717) is 17.3 Å². The van der Waals surface area contributed by atoms with Crippen molar-refractivity contribution in [3.05, 3.63) is 53.9 Å². The summed E-state index contributed by atoms with van der Waals surface area (Å²) in [6.07, 6.45) is 1.66. The average Bonchev–Trinajstić information content (AvgIpc) is 2.97. The number of aromatic nitrogens is 2. The minimum atomic E-state index is -0.193. The molecule has 0 spiro atoms. The monoisotopic (exact) mass is 311 g/mol. The molecule has 0 unspecified atom stereocenters. The van der Waals surface area contributed by atoms with Crippen molar-refractivity contribution < 1.29 is 14.6 Å². The van der Waals surface area contributed by atoms with Crippen molar-refractivity contribution >= 4 is 17.2 Å². The standard InChI is InChI=1S/C17H17N3O3/c1-22-15-9-5-6-12(17(15)23-2)10-18-20-14-8-4-3-7-13(14)19-16(20)11-21/h3-10,21H,11H2,1-2H3/b18-10+. The second-order valence-corrected chi connectivity index (χ2v) is 4.81. The van der Waals surface area contributed by atoms with Gasteiger partial charge in [-0.15, -0.1) is 0 Å². The van der Waals surface area contributed by atoms with E-state index >= 15 is 0 Å². The van der Waals surface area contributed by atoms with Crippen LogP contribution in [0.15, 0.2) is 47.6 Å². The van der Waals surface area contributed by atoms with E-state index in [9.17, 15) is 5.11 Å². The molecule has 6 heteroatoms. The first-order valence-electron chi connectivity index (χ1n) is 7.11. The molecule has 0 saturated carbocycles. The molecule has 0 aliphatic heterocycles. The first-order valence-corrected chi connectivity index (χ1v) is 7.11. The largest absolute Gasteiger partial charge is 0.493 e. The number of methoxy groups -OCH3 is 2. The second kappa shape index (κ2) is 6.50. The summed E-state index contributed by atoms with van der Waals surface area (Å²) >= 11 is 0. The van der Waals surface area contributed by atoms with Crippen LogP contribution in [0.3, 0.4) is 0 Å². The Kier molecular flexibility index (Phi) is 4.25. The third-order valence-corrected chi connectivity index (χ3v) is 3.49. The number of hydrogen-bond donors (Lipinski definition) is 1. The number of para-hydroxylation sites is 3. The van der Waals surface area contributed by atoms with Crippen LogP contribution in [0.1, 0.15) is 11.4 Å². The van der Waals surface area contributed by atoms with Crippen LogP contribution < -0.4 is 9.47 Å². The highest BCUT2D eigenvalue weighted by Gasteiger charge is 2.10. The highest BCUT2D eigenvalue weighted by Crippen LogP contribution is 2.29. The fourth-order valence-electron chi connectivity index (χ4n) is 2.43. The Hall–Kier alpha value is -2.86. The Bertz CT molecular complexity index is 855. The van der Waals surface area contributed by atoms with Crippen molar-refractivity contribution in [3.8, 4) is 11.5 Å². The van der Waals surface area contributed by atoms with Crippen LogP contribution in [-0.4, -0.2) is 35.2 Å². The minimum absolute atomic E-state index is 0.193. The third-order valence-electron chi connectivity index (χ3n) is 3.49. The summed E-state index contributed by atoms with van der Waals surface area (Å²) in [5.41, 5.74) is 2.38. The van der Waals surface area contributed by atoms with Gasteiger partial charge in [-0.2, -0.15) is 5.10 Å². The lowest BCUT2D eigenvalue weighted by molar-refractivity contribution is 0.267. The van der Waals surface area contributed by atoms with Gasteiger partial charge in [0.2, 0.25) is 0 Å². The quantitative estimate of drug-likeness (QED) is 0.735. The molecule has 2 aromatic carbocycles. The van der Waals surface area contributed by atoms with Crippen LogP contribution in [0.25, 0.3) is 11.0 Å². The Labute approximate surface area is 133 Å². The van der Waals surface area contributed by atoms with Crippen molar-refractivity contribution in [3.63, 3.8) is 0 Å². The number of benzene rings is 2. The summed E-state index contributed by atoms with van der Waals surface area (Å²) in [7, 11) is 3.17. The molecule has 0 fully saturated rings. The molecule has 0 radical (unpaired) electrons. The van der Waals surface area contributed by atoms with E-state index in [2.05, 4.69) is 10.1 Å². The van der Waals surface area contributed by atoms with E-state index in [4.69, 9.17) is 9.47 Å². The van der Waals surface area contributed by atoms with E-state index < -0.39 is 0 Å². The maximum Gasteiger partial charge on any atom is 0.169 e. The molecule has 0 bridgehead atoms. The zero-order chi connectivity index (χ0) is 16.2. The molecule has 1 N–H and O–H groups in total. The Morgan fingerprint density at radius 2 is 1.96 bits per heavy atom. The van der Waals surface area contributed by atoms with Crippen molar-refractivity contribution in [2.45, 2.75) is 6.61 Å². The molecule has 3 aromatic rings. The summed E-state index contributed by atoms with van der Waals surface area (Å²) in [5.74, 6) is 1.72. The lowest BCUT2D eigenvalue weighted by Gasteiger charge is -2.09. The van der Waals surface area contributed by atoms with Crippen LogP contribution >= 0.6 is 0 Å². The van der Waals surface area contributed by atoms with Gasteiger partial charge in [0.25, 0.3) is 0 Å². The van der Waals surface area contributed by atoms with Crippen molar-refractivity contribution in [2.75, 3.05) is 14.2 Å². The van der Waals surface area contributed by atoms with Gasteiger partial charge in [-0.3, -0.25) is 0 Å². The Balaban J connectivity index is 2.07. The number of nitrogens with zero attached hydrogens (tertiary/aromatic N) is 3. The van der Waals surface area contributed by atoms with Gasteiger partial charge in [0.05, 0.1) is 31.5 Å². The average molecular weight is 311 g/mol. The van der Waals surface area contributed by atoms with Crippen molar-refractivity contribution in [1.82, 2.24) is 9.66 Å². The second-order valence-electron chi connectivity index (χ2n) is 4.81. The molecule has 0 atom stereocenters. The predicted octanol–water partition coefficient (Wildman–Crippen LogP) is 2.43. The van der Waals surface area contributed by atoms with Crippen LogP contribution in [0.5, 0.6) is 11.5 Å². The van der Waals surface area contributed by atoms with Crippen LogP contribution in [0.4, 0.5) is 0 Å². The van der Waals surface area contributed by atoms with Crippen LogP contribution in [0, 0.1) is 0 Å². The molecule has 0 saturated heterocycles. The van der Waals surface area contributed by atoms with Gasteiger partial charge in [-0.1, -0.05) is 18.2 Å². The Morgan fingerprint density at radius 1 is 1.13 bits per heavy atom. The Morgan fingerprint density at radius 3 is 2.70 bits per heavy atom. The molecular formula is C17H17N3O3. The highest BCUT2D eigenvalue weighted by atomic mass is 16.5. The number of fused-ring (bicyclic) bond motifs is 1. The number of aliphatic hydroxyl groups is 1. The maximum atomic E-state index is 9.50. The normalized spacial score (nSPS) is 11.3. The topological polar surface area (TPSA) is 68.9 Å². The molecular weight excluding hydrogens is 294 g/mol. The molecule has 1 aromatic heterocycles. The number of aliphatic hydroxyl groups excluding tert-OH is 1. The fourth-order valence-corrected chi connectivity index (χ4v) is 2.43. The summed E-state index contributed by atoms with van der Waals surface area (Å²) in [5, 5.41) is 14.0. The fraction of sp³-hybridized carbons (Fsp3) is 0.176. The molecule has 23 heavy (non-hydrogen) atoms. The van der Waals surface area contributed by atoms with E-state index in [0.717, 1.165) is 16.6 Å². The van der Waals surface area contributed by atoms with Gasteiger partial charge in [0.1, 0.15) is 6.61 Å². The SMILES string of the molecule is COc1cccc(/C=N/n2c(CO)nc3ccccc32)c1OC. The van der Waals surface area contributed by atoms with Crippen LogP contribution in [0.2, 0.25) is 0 Å². The minimum Gasteiger partial charge on any atom is -0.493 e. The van der Waals surface area contributed by atoms with Gasteiger partial charge in [0, 0.05) is 5.56 Å². The lowest BCUT2D eigenvalue weighted by atomic mass is 10.2. The molecule has 0 amide bonds. The predicted molar refractivity (Wildman–Crippen MR) is 88.2 cm³/mol. The zero-order valence-corrected chi connectivity index (χ0v) is 12.9. The zero-order valence-electron chi connectivity index (χ0n) is 12.9. The number of imidazole rings is 1. The van der Waals surface area contributed by atoms with E-state index in [-0.39, 0.29) is 6.61 Å². The summed E-state index contributed by atoms with van der Waals surface area (Å²) in [4.78, 5) is 4.36. The maximum absolute atomic E-state index is 9.50.